The average Bonchev–Trinajstić information content (AvgIpc) is 3.99. The first-order valence-electron chi connectivity index (χ1n) is 19.3. The number of rotatable bonds is 7. The Bertz CT molecular complexity index is 2070. The number of fused-ring (bicyclic) bond motifs is 3. The van der Waals surface area contributed by atoms with Crippen molar-refractivity contribution in [1.29, 1.82) is 0 Å². The minimum Gasteiger partial charge on any atom is -0.471 e. The number of carbonyl (C=O) groups is 4. The molecule has 0 radical (unpaired) electrons. The fourth-order valence-electron chi connectivity index (χ4n) is 8.23. The Morgan fingerprint density at radius 2 is 1.78 bits per heavy atom. The summed E-state index contributed by atoms with van der Waals surface area (Å²) in [5, 5.41) is 18.8. The number of ether oxygens (including phenoxy) is 1. The number of benzene rings is 1. The quantitative estimate of drug-likeness (QED) is 0.348. The fraction of sp³-hybridized carbons (Fsp3) is 0.641. The molecule has 55 heavy (non-hydrogen) atoms. The molecule has 16 heteroatoms. The number of amides is 4. The van der Waals surface area contributed by atoms with Gasteiger partial charge in [0.25, 0.3) is 11.5 Å². The molecular formula is C39H54N6O9S. The van der Waals surface area contributed by atoms with Crippen molar-refractivity contribution in [3.63, 3.8) is 0 Å². The summed E-state index contributed by atoms with van der Waals surface area (Å²) in [5.41, 5.74) is -2.87. The normalized spacial score (nSPS) is 30.2. The molecule has 0 bridgehead atoms. The second-order valence-corrected chi connectivity index (χ2v) is 19.4. The van der Waals surface area contributed by atoms with E-state index in [1.807, 2.05) is 26.0 Å². The summed E-state index contributed by atoms with van der Waals surface area (Å²) in [5.74, 6) is -2.82. The van der Waals surface area contributed by atoms with Gasteiger partial charge in [0.05, 0.1) is 22.1 Å². The van der Waals surface area contributed by atoms with E-state index >= 15 is 4.79 Å². The second kappa shape index (κ2) is 14.6. The number of nitrogens with one attached hydrogen (secondary N) is 2. The Labute approximate surface area is 321 Å². The summed E-state index contributed by atoms with van der Waals surface area (Å²) in [7, 11) is -4.03. The molecule has 1 aromatic heterocycles. The maximum atomic E-state index is 15.0. The first kappa shape index (κ1) is 40.2. The van der Waals surface area contributed by atoms with Gasteiger partial charge in [-0.15, -0.1) is 5.10 Å². The molecule has 2 unspecified atom stereocenters. The van der Waals surface area contributed by atoms with E-state index < -0.39 is 79.7 Å². The number of allylic oxidation sites excluding steroid dienone is 1. The minimum atomic E-state index is -4.03. The van der Waals surface area contributed by atoms with Crippen LogP contribution in [0.25, 0.3) is 10.8 Å². The lowest BCUT2D eigenvalue weighted by Gasteiger charge is -2.43. The Morgan fingerprint density at radius 1 is 1.11 bits per heavy atom. The lowest BCUT2D eigenvalue weighted by atomic mass is 9.85. The molecule has 2 aliphatic heterocycles. The molecule has 3 fully saturated rings. The van der Waals surface area contributed by atoms with Gasteiger partial charge in [-0.05, 0) is 97.1 Å². The van der Waals surface area contributed by atoms with E-state index in [1.165, 1.54) is 9.58 Å². The Kier molecular flexibility index (Phi) is 10.6. The molecule has 4 amide bonds. The average molecular weight is 783 g/mol. The third-order valence-electron chi connectivity index (χ3n) is 11.8. The van der Waals surface area contributed by atoms with Gasteiger partial charge in [-0.25, -0.2) is 17.9 Å². The van der Waals surface area contributed by atoms with Gasteiger partial charge >= 0.3 is 6.09 Å². The van der Waals surface area contributed by atoms with Crippen LogP contribution >= 0.6 is 0 Å². The summed E-state index contributed by atoms with van der Waals surface area (Å²) in [6.45, 7) is 12.6. The molecule has 1 aromatic carbocycles. The molecule has 300 valence electrons. The molecule has 3 N–H and O–H groups in total. The van der Waals surface area contributed by atoms with Gasteiger partial charge in [0.15, 0.2) is 0 Å². The molecule has 7 atom stereocenters. The van der Waals surface area contributed by atoms with Gasteiger partial charge in [0, 0.05) is 24.4 Å². The van der Waals surface area contributed by atoms with Crippen molar-refractivity contribution in [3.8, 4) is 5.88 Å². The smallest absolute Gasteiger partial charge is 0.408 e. The van der Waals surface area contributed by atoms with E-state index in [4.69, 9.17) is 4.74 Å². The topological polar surface area (TPSA) is 197 Å². The van der Waals surface area contributed by atoms with E-state index in [0.29, 0.717) is 36.5 Å². The van der Waals surface area contributed by atoms with Crippen molar-refractivity contribution in [2.45, 2.75) is 134 Å². The van der Waals surface area contributed by atoms with Crippen LogP contribution in [0.15, 0.2) is 41.2 Å². The van der Waals surface area contributed by atoms with Gasteiger partial charge in [-0.3, -0.25) is 28.8 Å². The second-order valence-electron chi connectivity index (χ2n) is 17.2. The predicted molar refractivity (Wildman–Crippen MR) is 205 cm³/mol. The Balaban J connectivity index is 1.41. The molecule has 2 saturated carbocycles. The van der Waals surface area contributed by atoms with Crippen LogP contribution in [-0.4, -0.2) is 97.5 Å². The molecule has 3 heterocycles. The molecular weight excluding hydrogens is 729 g/mol. The maximum Gasteiger partial charge on any atom is 0.408 e. The number of carboxylic acid groups (broad SMARTS) is 1. The number of hydrogen-bond donors (Lipinski definition) is 3. The van der Waals surface area contributed by atoms with Crippen LogP contribution in [0.2, 0.25) is 0 Å². The van der Waals surface area contributed by atoms with Gasteiger partial charge < -0.3 is 20.1 Å². The number of hydrogen-bond acceptors (Lipinski definition) is 9. The third-order valence-corrected chi connectivity index (χ3v) is 14.0. The monoisotopic (exact) mass is 782 g/mol. The van der Waals surface area contributed by atoms with Crippen LogP contribution in [0.5, 0.6) is 5.88 Å². The van der Waals surface area contributed by atoms with E-state index in [9.17, 15) is 32.7 Å². The Morgan fingerprint density at radius 3 is 2.40 bits per heavy atom. The van der Waals surface area contributed by atoms with Gasteiger partial charge in [0.2, 0.25) is 27.7 Å². The van der Waals surface area contributed by atoms with Crippen LogP contribution in [0, 0.1) is 17.8 Å². The molecule has 6 rings (SSSR count). The van der Waals surface area contributed by atoms with Crippen LogP contribution in [0.3, 0.4) is 0 Å². The summed E-state index contributed by atoms with van der Waals surface area (Å²) in [4.78, 5) is 72.1. The number of carbonyl (C=O) groups excluding carboxylic acids is 3. The highest BCUT2D eigenvalue weighted by Gasteiger charge is 2.63. The zero-order chi connectivity index (χ0) is 40.2. The molecule has 15 nitrogen and oxygen atoms in total. The minimum absolute atomic E-state index is 0.0481. The lowest BCUT2D eigenvalue weighted by Crippen LogP contribution is -2.62. The van der Waals surface area contributed by atoms with Crippen LogP contribution in [0.1, 0.15) is 93.4 Å². The van der Waals surface area contributed by atoms with Crippen molar-refractivity contribution in [2.24, 2.45) is 17.8 Å². The number of aryl methyl sites for hydroxylation is 1. The number of sulfonamides is 1. The highest BCUT2D eigenvalue weighted by atomic mass is 32.2. The van der Waals surface area contributed by atoms with E-state index in [-0.39, 0.29) is 43.3 Å². The third kappa shape index (κ3) is 7.70. The van der Waals surface area contributed by atoms with Crippen LogP contribution in [-0.2, 0) is 31.0 Å². The molecule has 4 aliphatic rings. The first-order valence-corrected chi connectivity index (χ1v) is 20.8. The van der Waals surface area contributed by atoms with Gasteiger partial charge in [-0.1, -0.05) is 38.1 Å². The zero-order valence-electron chi connectivity index (χ0n) is 32.7. The van der Waals surface area contributed by atoms with Gasteiger partial charge in [-0.2, -0.15) is 0 Å². The maximum absolute atomic E-state index is 15.0. The number of nitrogens with zero attached hydrogens (tertiary/aromatic N) is 4. The molecule has 2 aromatic rings. The van der Waals surface area contributed by atoms with E-state index in [0.717, 1.165) is 11.3 Å². The van der Waals surface area contributed by atoms with Gasteiger partial charge in [0.1, 0.15) is 23.7 Å². The summed E-state index contributed by atoms with van der Waals surface area (Å²) >= 11 is 0. The molecule has 1 saturated heterocycles. The summed E-state index contributed by atoms with van der Waals surface area (Å²) < 4.78 is 35.3. The van der Waals surface area contributed by atoms with E-state index in [1.54, 1.807) is 58.9 Å². The van der Waals surface area contributed by atoms with Crippen LogP contribution in [0.4, 0.5) is 4.79 Å². The SMILES string of the molecule is CCn1nc(O[C@@H]2C[C@H]3C(=O)NC4(C(=O)NS(=O)(=O)C5(C)CC5)CC4/C=C\CC[C@@H](C)C[C@@H](C)[C@H](N(C(=O)O)C(C)(C)C)C(=O)N3C2)c2ccccc2c1=O. The standard InChI is InChI=1S/C39H54N6O9S/c1-8-44-33(47)28-16-12-11-15-27(28)32(41-44)54-26-20-29-31(46)40-39(35(49)42-55(52,53)38(7)17-18-38)21-25(39)14-10-9-13-23(2)19-24(3)30(34(48)43(29)22-26)45(36(50)51)37(4,5)6/h10-12,14-16,23-26,29-30H,8-9,13,17-22H2,1-7H3,(H,40,46)(H,42,49)(H,50,51)/b14-10-/t23-,24-,25?,26-,29+,30+,39?/m1/s1. The largest absolute Gasteiger partial charge is 0.471 e. The van der Waals surface area contributed by atoms with Crippen molar-refractivity contribution >= 4 is 44.6 Å². The highest BCUT2D eigenvalue weighted by Crippen LogP contribution is 2.47. The molecule has 2 aliphatic carbocycles. The van der Waals surface area contributed by atoms with Crippen LogP contribution < -0.4 is 20.3 Å². The van der Waals surface area contributed by atoms with Crippen molar-refractivity contribution in [2.75, 3.05) is 6.54 Å². The molecule has 0 spiro atoms. The summed E-state index contributed by atoms with van der Waals surface area (Å²) in [6, 6.07) is 4.46. The fourth-order valence-corrected chi connectivity index (χ4v) is 9.54. The first-order chi connectivity index (χ1) is 25.7. The summed E-state index contributed by atoms with van der Waals surface area (Å²) in [6.07, 6.45) is 4.50. The highest BCUT2D eigenvalue weighted by molar-refractivity contribution is 7.91. The lowest BCUT2D eigenvalue weighted by molar-refractivity contribution is -0.146. The van der Waals surface area contributed by atoms with Crippen molar-refractivity contribution in [3.05, 3.63) is 46.8 Å². The zero-order valence-corrected chi connectivity index (χ0v) is 33.5. The number of aromatic nitrogens is 2. The van der Waals surface area contributed by atoms with E-state index in [2.05, 4.69) is 15.1 Å². The van der Waals surface area contributed by atoms with Crippen molar-refractivity contribution < 1.29 is 37.4 Å². The predicted octanol–water partition coefficient (Wildman–Crippen LogP) is 3.80. The Hall–Kier alpha value is -4.47. The van der Waals surface area contributed by atoms with Crippen molar-refractivity contribution in [1.82, 2.24) is 29.6 Å².